The van der Waals surface area contributed by atoms with Gasteiger partial charge in [0.25, 0.3) is 0 Å². The summed E-state index contributed by atoms with van der Waals surface area (Å²) in [5.41, 5.74) is 0. The molecule has 13 heavy (non-hydrogen) atoms. The number of amides is 1. The minimum absolute atomic E-state index is 0.183. The van der Waals surface area contributed by atoms with Crippen LogP contribution < -0.4 is 0 Å². The minimum Gasteiger partial charge on any atom is -0.393 e. The maximum Gasteiger partial charge on any atom is 0.225 e. The van der Waals surface area contributed by atoms with E-state index in [1.54, 1.807) is 0 Å². The second kappa shape index (κ2) is 3.66. The normalized spacial score (nSPS) is 29.9. The molecule has 3 heteroatoms. The molecule has 0 spiro atoms. The van der Waals surface area contributed by atoms with Crippen LogP contribution >= 0.6 is 0 Å². The van der Waals surface area contributed by atoms with Crippen LogP contribution in [0.2, 0.25) is 0 Å². The second-order valence-electron chi connectivity index (χ2n) is 4.18. The van der Waals surface area contributed by atoms with Crippen molar-refractivity contribution in [3.63, 3.8) is 0 Å². The van der Waals surface area contributed by atoms with Gasteiger partial charge < -0.3 is 10.0 Å². The highest BCUT2D eigenvalue weighted by molar-refractivity contribution is 5.81. The first-order valence-corrected chi connectivity index (χ1v) is 5.24. The molecule has 1 amide bonds. The van der Waals surface area contributed by atoms with Gasteiger partial charge >= 0.3 is 0 Å². The number of hydrogen-bond acceptors (Lipinski definition) is 2. The molecule has 1 aliphatic carbocycles. The summed E-state index contributed by atoms with van der Waals surface area (Å²) in [6, 6.07) is 0. The van der Waals surface area contributed by atoms with Crippen molar-refractivity contribution in [1.82, 2.24) is 4.90 Å². The van der Waals surface area contributed by atoms with E-state index in [1.807, 2.05) is 4.90 Å². The molecule has 1 atom stereocenters. The standard InChI is InChI=1S/C10H17NO2/c12-9-2-1-6-11(7-5-9)10(13)8-3-4-8/h8-9,12H,1-7H2. The van der Waals surface area contributed by atoms with E-state index in [-0.39, 0.29) is 6.10 Å². The SMILES string of the molecule is O=C(C1CC1)N1CCCC(O)CC1. The molecule has 1 aliphatic heterocycles. The van der Waals surface area contributed by atoms with Crippen LogP contribution in [0.15, 0.2) is 0 Å². The predicted molar refractivity (Wildman–Crippen MR) is 49.2 cm³/mol. The number of likely N-dealkylation sites (tertiary alicyclic amines) is 1. The summed E-state index contributed by atoms with van der Waals surface area (Å²) >= 11 is 0. The first-order valence-electron chi connectivity index (χ1n) is 5.24. The summed E-state index contributed by atoms with van der Waals surface area (Å²) in [5, 5.41) is 9.40. The van der Waals surface area contributed by atoms with Gasteiger partial charge in [-0.1, -0.05) is 0 Å². The fourth-order valence-corrected chi connectivity index (χ4v) is 1.89. The molecule has 0 aromatic rings. The van der Waals surface area contributed by atoms with E-state index in [0.29, 0.717) is 11.8 Å². The Balaban J connectivity index is 1.87. The molecular formula is C10H17NO2. The summed E-state index contributed by atoms with van der Waals surface area (Å²) in [5.74, 6) is 0.657. The van der Waals surface area contributed by atoms with Crippen molar-refractivity contribution in [2.45, 2.75) is 38.2 Å². The van der Waals surface area contributed by atoms with Crippen molar-refractivity contribution in [3.8, 4) is 0 Å². The lowest BCUT2D eigenvalue weighted by atomic mass is 10.2. The molecule has 1 heterocycles. The summed E-state index contributed by atoms with van der Waals surface area (Å²) in [7, 11) is 0. The quantitative estimate of drug-likeness (QED) is 0.652. The van der Waals surface area contributed by atoms with Gasteiger partial charge in [0.1, 0.15) is 0 Å². The van der Waals surface area contributed by atoms with Crippen LogP contribution in [-0.4, -0.2) is 35.1 Å². The molecule has 2 fully saturated rings. The topological polar surface area (TPSA) is 40.5 Å². The predicted octanol–water partition coefficient (Wildman–Crippen LogP) is 0.770. The Morgan fingerprint density at radius 1 is 1.15 bits per heavy atom. The maximum atomic E-state index is 11.7. The number of nitrogens with zero attached hydrogens (tertiary/aromatic N) is 1. The molecule has 2 rings (SSSR count). The van der Waals surface area contributed by atoms with E-state index in [2.05, 4.69) is 0 Å². The smallest absolute Gasteiger partial charge is 0.225 e. The van der Waals surface area contributed by atoms with Crippen molar-refractivity contribution in [2.75, 3.05) is 13.1 Å². The molecular weight excluding hydrogens is 166 g/mol. The molecule has 1 saturated carbocycles. The third kappa shape index (κ3) is 2.21. The van der Waals surface area contributed by atoms with E-state index >= 15 is 0 Å². The van der Waals surface area contributed by atoms with Gasteiger partial charge in [-0.05, 0) is 32.1 Å². The van der Waals surface area contributed by atoms with E-state index in [0.717, 1.165) is 45.2 Å². The molecule has 1 saturated heterocycles. The fraction of sp³-hybridized carbons (Fsp3) is 0.900. The minimum atomic E-state index is -0.183. The maximum absolute atomic E-state index is 11.7. The molecule has 1 unspecified atom stereocenters. The Labute approximate surface area is 78.7 Å². The van der Waals surface area contributed by atoms with E-state index in [4.69, 9.17) is 0 Å². The fourth-order valence-electron chi connectivity index (χ4n) is 1.89. The van der Waals surface area contributed by atoms with Gasteiger partial charge in [-0.2, -0.15) is 0 Å². The van der Waals surface area contributed by atoms with Crippen molar-refractivity contribution in [1.29, 1.82) is 0 Å². The zero-order valence-corrected chi connectivity index (χ0v) is 7.91. The zero-order chi connectivity index (χ0) is 9.26. The second-order valence-corrected chi connectivity index (χ2v) is 4.18. The third-order valence-corrected chi connectivity index (χ3v) is 2.94. The van der Waals surface area contributed by atoms with Gasteiger partial charge in [0.15, 0.2) is 0 Å². The van der Waals surface area contributed by atoms with Gasteiger partial charge in [-0.25, -0.2) is 0 Å². The molecule has 0 radical (unpaired) electrons. The first kappa shape index (κ1) is 9.00. The average Bonchev–Trinajstić information content (AvgIpc) is 2.89. The number of aliphatic hydroxyl groups is 1. The van der Waals surface area contributed by atoms with Gasteiger partial charge in [-0.3, -0.25) is 4.79 Å². The highest BCUT2D eigenvalue weighted by atomic mass is 16.3. The van der Waals surface area contributed by atoms with Crippen LogP contribution in [0.1, 0.15) is 32.1 Å². The van der Waals surface area contributed by atoms with Gasteiger partial charge in [0.2, 0.25) is 5.91 Å². The summed E-state index contributed by atoms with van der Waals surface area (Å²) in [4.78, 5) is 13.6. The average molecular weight is 183 g/mol. The first-order chi connectivity index (χ1) is 6.27. The van der Waals surface area contributed by atoms with Gasteiger partial charge in [0, 0.05) is 19.0 Å². The highest BCUT2D eigenvalue weighted by Crippen LogP contribution is 2.31. The molecule has 0 aromatic heterocycles. The number of carbonyl (C=O) groups is 1. The van der Waals surface area contributed by atoms with Crippen molar-refractivity contribution < 1.29 is 9.90 Å². The van der Waals surface area contributed by atoms with Crippen LogP contribution in [0.5, 0.6) is 0 Å². The van der Waals surface area contributed by atoms with Crippen LogP contribution in [0.3, 0.4) is 0 Å². The molecule has 1 N–H and O–H groups in total. The number of hydrogen-bond donors (Lipinski definition) is 1. The lowest BCUT2D eigenvalue weighted by Gasteiger charge is -2.19. The summed E-state index contributed by atoms with van der Waals surface area (Å²) < 4.78 is 0. The summed E-state index contributed by atoms with van der Waals surface area (Å²) in [6.45, 7) is 1.61. The van der Waals surface area contributed by atoms with Gasteiger partial charge in [-0.15, -0.1) is 0 Å². The largest absolute Gasteiger partial charge is 0.393 e. The van der Waals surface area contributed by atoms with Crippen LogP contribution in [0.4, 0.5) is 0 Å². The molecule has 74 valence electrons. The number of carbonyl (C=O) groups excluding carboxylic acids is 1. The molecule has 0 aromatic carbocycles. The number of rotatable bonds is 1. The van der Waals surface area contributed by atoms with E-state index in [1.165, 1.54) is 0 Å². The lowest BCUT2D eigenvalue weighted by Crippen LogP contribution is -2.33. The lowest BCUT2D eigenvalue weighted by molar-refractivity contribution is -0.132. The zero-order valence-electron chi connectivity index (χ0n) is 7.91. The monoisotopic (exact) mass is 183 g/mol. The van der Waals surface area contributed by atoms with Crippen molar-refractivity contribution >= 4 is 5.91 Å². The van der Waals surface area contributed by atoms with Crippen molar-refractivity contribution in [2.24, 2.45) is 5.92 Å². The van der Waals surface area contributed by atoms with Crippen LogP contribution in [0.25, 0.3) is 0 Å². The molecule has 2 aliphatic rings. The van der Waals surface area contributed by atoms with Gasteiger partial charge in [0.05, 0.1) is 6.10 Å². The molecule has 3 nitrogen and oxygen atoms in total. The van der Waals surface area contributed by atoms with Crippen molar-refractivity contribution in [3.05, 3.63) is 0 Å². The van der Waals surface area contributed by atoms with E-state index < -0.39 is 0 Å². The third-order valence-electron chi connectivity index (χ3n) is 2.94. The Morgan fingerprint density at radius 3 is 2.62 bits per heavy atom. The van der Waals surface area contributed by atoms with Crippen LogP contribution in [0, 0.1) is 5.92 Å². The Morgan fingerprint density at radius 2 is 1.92 bits per heavy atom. The Hall–Kier alpha value is -0.570. The van der Waals surface area contributed by atoms with E-state index in [9.17, 15) is 9.90 Å². The molecule has 0 bridgehead atoms. The summed E-state index contributed by atoms with van der Waals surface area (Å²) in [6.07, 6.45) is 4.56. The Bertz CT molecular complexity index is 201. The Kier molecular flexibility index (Phi) is 2.54. The number of aliphatic hydroxyl groups excluding tert-OH is 1. The van der Waals surface area contributed by atoms with Crippen LogP contribution in [-0.2, 0) is 4.79 Å². The highest BCUT2D eigenvalue weighted by Gasteiger charge is 2.33.